The van der Waals surface area contributed by atoms with Crippen LogP contribution in [0.4, 0.5) is 4.79 Å². The number of hydrogen-bond acceptors (Lipinski definition) is 15. The molecule has 2 fully saturated rings. The first-order chi connectivity index (χ1) is 27.1. The molecule has 56 heavy (non-hydrogen) atoms. The number of hydrogen-bond donors (Lipinski definition) is 1. The molecule has 4 heterocycles. The number of nitrogens with zero attached hydrogens (tertiary/aromatic N) is 6. The summed E-state index contributed by atoms with van der Waals surface area (Å²) in [5.74, 6) is 0.284. The number of aromatic nitrogens is 6. The summed E-state index contributed by atoms with van der Waals surface area (Å²) in [6, 6.07) is 15.6. The van der Waals surface area contributed by atoms with Gasteiger partial charge in [-0.15, -0.1) is 20.3 Å². The Hall–Kier alpha value is -5.17. The topological polar surface area (TPSA) is 214 Å². The van der Waals surface area contributed by atoms with Crippen LogP contribution in [0.2, 0.25) is 5.15 Å². The van der Waals surface area contributed by atoms with Gasteiger partial charge >= 0.3 is 12.1 Å². The Balaban J connectivity index is 1.02. The van der Waals surface area contributed by atoms with Crippen LogP contribution in [-0.4, -0.2) is 104 Å². The van der Waals surface area contributed by atoms with Gasteiger partial charge in [0, 0.05) is 32.1 Å². The highest BCUT2D eigenvalue weighted by molar-refractivity contribution is 6.32. The maximum Gasteiger partial charge on any atom is 0.511 e. The van der Waals surface area contributed by atoms with Crippen molar-refractivity contribution < 1.29 is 47.9 Å². The van der Waals surface area contributed by atoms with Crippen molar-refractivity contribution in [2.45, 2.75) is 103 Å². The summed E-state index contributed by atoms with van der Waals surface area (Å²) in [6.07, 6.45) is -0.859. The normalized spacial score (nSPS) is 19.9. The molecule has 0 amide bonds. The molecule has 19 heteroatoms. The van der Waals surface area contributed by atoms with E-state index >= 15 is 0 Å². The van der Waals surface area contributed by atoms with Crippen molar-refractivity contribution in [3.8, 4) is 22.5 Å². The number of aromatic amines is 1. The number of tetrazole rings is 1. The Kier molecular flexibility index (Phi) is 13.8. The van der Waals surface area contributed by atoms with Gasteiger partial charge < -0.3 is 37.8 Å². The quantitative estimate of drug-likeness (QED) is 0.0393. The van der Waals surface area contributed by atoms with Gasteiger partial charge in [0.25, 0.3) is 5.09 Å². The van der Waals surface area contributed by atoms with Crippen LogP contribution in [0, 0.1) is 10.1 Å². The average Bonchev–Trinajstić information content (AvgIpc) is 3.98. The lowest BCUT2D eigenvalue weighted by Gasteiger charge is -2.19. The zero-order valence-corrected chi connectivity index (χ0v) is 32.0. The number of aryl methyl sites for hydroxylation is 1. The summed E-state index contributed by atoms with van der Waals surface area (Å²) in [6.45, 7) is 6.08. The Morgan fingerprint density at radius 3 is 2.46 bits per heavy atom. The molecule has 2 saturated heterocycles. The predicted molar refractivity (Wildman–Crippen MR) is 197 cm³/mol. The van der Waals surface area contributed by atoms with Crippen molar-refractivity contribution in [2.24, 2.45) is 0 Å². The van der Waals surface area contributed by atoms with Crippen LogP contribution in [0.15, 0.2) is 48.5 Å². The molecule has 4 aromatic rings. The molecule has 2 aliphatic heterocycles. The third-order valence-electron chi connectivity index (χ3n) is 9.42. The molecule has 0 spiro atoms. The zero-order valence-electron chi connectivity index (χ0n) is 31.2. The molecule has 6 atom stereocenters. The van der Waals surface area contributed by atoms with Crippen molar-refractivity contribution in [3.63, 3.8) is 0 Å². The molecule has 0 saturated carbocycles. The Morgan fingerprint density at radius 2 is 1.75 bits per heavy atom. The van der Waals surface area contributed by atoms with E-state index in [1.54, 1.807) is 11.5 Å². The summed E-state index contributed by atoms with van der Waals surface area (Å²) >= 11 is 6.55. The van der Waals surface area contributed by atoms with Crippen molar-refractivity contribution in [1.29, 1.82) is 0 Å². The monoisotopic (exact) mass is 797 g/mol. The van der Waals surface area contributed by atoms with Gasteiger partial charge in [-0.25, -0.2) is 14.6 Å². The zero-order chi connectivity index (χ0) is 39.6. The standard InChI is InChI=1S/C37H44ClN7O11/c1-4-5-13-30-39-34(38)31(44(30)19-24-14-16-25(17-15-24)26-11-6-7-12-27(26)35-40-42-43-41-35)36(46)53-23(3)54-37(47)55-29-21-52-32-28(20-51-33(29)32)50-18-9-8-10-22(2)56-45(48)49/h6-7,11-12,14-17,22-23,28-29,32-33H,4-5,8-10,13,18-21H2,1-3H3,(H,40,41,42,43)/t22-,23?,28+,29-,32?,33?/m0/s1. The Labute approximate surface area is 327 Å². The summed E-state index contributed by atoms with van der Waals surface area (Å²) in [5.41, 5.74) is 3.61. The molecule has 18 nitrogen and oxygen atoms in total. The fraction of sp³-hybridized carbons (Fsp3) is 0.514. The highest BCUT2D eigenvalue weighted by Crippen LogP contribution is 2.32. The maximum absolute atomic E-state index is 13.6. The lowest BCUT2D eigenvalue weighted by molar-refractivity contribution is -0.767. The molecule has 0 aliphatic carbocycles. The highest BCUT2D eigenvalue weighted by atomic mass is 35.5. The van der Waals surface area contributed by atoms with Gasteiger partial charge in [-0.2, -0.15) is 5.21 Å². The van der Waals surface area contributed by atoms with Crippen LogP contribution >= 0.6 is 11.6 Å². The molecule has 2 aliphatic rings. The van der Waals surface area contributed by atoms with Crippen molar-refractivity contribution >= 4 is 23.7 Å². The lowest BCUT2D eigenvalue weighted by atomic mass is 9.98. The molecular weight excluding hydrogens is 754 g/mol. The molecule has 1 N–H and O–H groups in total. The first kappa shape index (κ1) is 40.5. The van der Waals surface area contributed by atoms with E-state index in [0.717, 1.165) is 35.1 Å². The summed E-state index contributed by atoms with van der Waals surface area (Å²) in [5, 5.41) is 24.1. The predicted octanol–water partition coefficient (Wildman–Crippen LogP) is 5.75. The fourth-order valence-corrected chi connectivity index (χ4v) is 6.97. The largest absolute Gasteiger partial charge is 0.511 e. The number of nitrogens with one attached hydrogen (secondary N) is 1. The minimum absolute atomic E-state index is 0.0238. The van der Waals surface area contributed by atoms with Gasteiger partial charge in [-0.3, -0.25) is 0 Å². The number of imidazole rings is 1. The van der Waals surface area contributed by atoms with Gasteiger partial charge in [-0.05, 0) is 54.5 Å². The van der Waals surface area contributed by atoms with Gasteiger partial charge in [0.2, 0.25) is 12.1 Å². The molecular formula is C37H44ClN7O11. The summed E-state index contributed by atoms with van der Waals surface area (Å²) in [4.78, 5) is 45.8. The number of carbonyl (C=O) groups is 2. The van der Waals surface area contributed by atoms with Crippen molar-refractivity contribution in [3.05, 3.63) is 80.9 Å². The van der Waals surface area contributed by atoms with Gasteiger partial charge in [0.1, 0.15) is 30.2 Å². The van der Waals surface area contributed by atoms with Gasteiger partial charge in [0.15, 0.2) is 17.0 Å². The molecule has 0 bridgehead atoms. The van der Waals surface area contributed by atoms with E-state index in [0.29, 0.717) is 43.9 Å². The maximum atomic E-state index is 13.6. The molecule has 2 aromatic carbocycles. The Bertz CT molecular complexity index is 1930. The van der Waals surface area contributed by atoms with Crippen molar-refractivity contribution in [1.82, 2.24) is 30.2 Å². The number of rotatable bonds is 19. The first-order valence-electron chi connectivity index (χ1n) is 18.5. The molecule has 0 radical (unpaired) electrons. The molecule has 300 valence electrons. The number of ether oxygens (including phenoxy) is 6. The van der Waals surface area contributed by atoms with E-state index < -0.39 is 47.9 Å². The second-order valence-electron chi connectivity index (χ2n) is 13.5. The van der Waals surface area contributed by atoms with Crippen LogP contribution in [0.1, 0.15) is 74.8 Å². The SMILES string of the molecule is CCCCc1nc(Cl)c(C(=O)OC(C)OC(=O)O[C@H]2COC3C2OC[C@H]3OCCCC[C@H](C)O[N+](=O)[O-])n1Cc1ccc(-c2ccccc2-c2nn[nH]n2)cc1. The summed E-state index contributed by atoms with van der Waals surface area (Å²) < 4.78 is 35.6. The second-order valence-corrected chi connectivity index (χ2v) is 13.8. The van der Waals surface area contributed by atoms with E-state index in [-0.39, 0.29) is 36.7 Å². The number of halogens is 1. The Morgan fingerprint density at radius 1 is 1.02 bits per heavy atom. The van der Waals surface area contributed by atoms with Crippen LogP contribution in [0.3, 0.4) is 0 Å². The van der Waals surface area contributed by atoms with E-state index in [4.69, 9.17) is 40.0 Å². The van der Waals surface area contributed by atoms with E-state index in [9.17, 15) is 19.7 Å². The van der Waals surface area contributed by atoms with Gasteiger partial charge in [0.05, 0.1) is 13.2 Å². The minimum atomic E-state index is -1.33. The van der Waals surface area contributed by atoms with E-state index in [1.165, 1.54) is 6.92 Å². The first-order valence-corrected chi connectivity index (χ1v) is 18.9. The average molecular weight is 798 g/mol. The third kappa shape index (κ3) is 10.2. The lowest BCUT2D eigenvalue weighted by Crippen LogP contribution is -2.36. The second kappa shape index (κ2) is 19.1. The van der Waals surface area contributed by atoms with Crippen LogP contribution in [0.25, 0.3) is 22.5 Å². The van der Waals surface area contributed by atoms with Crippen LogP contribution < -0.4 is 0 Å². The number of benzene rings is 2. The highest BCUT2D eigenvalue weighted by Gasteiger charge is 2.50. The minimum Gasteiger partial charge on any atom is -0.426 e. The van der Waals surface area contributed by atoms with E-state index in [1.807, 2.05) is 48.5 Å². The van der Waals surface area contributed by atoms with Gasteiger partial charge in [-0.1, -0.05) is 73.5 Å². The fourth-order valence-electron chi connectivity index (χ4n) is 6.69. The number of unbranched alkanes of at least 4 members (excludes halogenated alkanes) is 2. The number of fused-ring (bicyclic) bond motifs is 1. The van der Waals surface area contributed by atoms with Crippen molar-refractivity contribution in [2.75, 3.05) is 19.8 Å². The molecule has 2 aromatic heterocycles. The van der Waals surface area contributed by atoms with Crippen LogP contribution in [0.5, 0.6) is 0 Å². The smallest absolute Gasteiger partial charge is 0.426 e. The van der Waals surface area contributed by atoms with Crippen LogP contribution in [-0.2, 0) is 46.2 Å². The molecule has 6 rings (SSSR count). The summed E-state index contributed by atoms with van der Waals surface area (Å²) in [7, 11) is 0. The third-order valence-corrected chi connectivity index (χ3v) is 9.68. The van der Waals surface area contributed by atoms with E-state index in [2.05, 4.69) is 37.4 Å². The molecule has 3 unspecified atom stereocenters. The number of H-pyrrole nitrogens is 1. The number of esters is 1. The number of carbonyl (C=O) groups excluding carboxylic acids is 2.